The third-order valence-electron chi connectivity index (χ3n) is 11.2. The summed E-state index contributed by atoms with van der Waals surface area (Å²) in [6.07, 6.45) is 10.5. The molecule has 1 saturated heterocycles. The molecule has 10 heteroatoms. The standard InChI is InChI=1S/C37H36N8O2/c1-47-32-14-25(37(46)43-20-26-10-24-13-30(43)34(24)26)11-28-35(32)44(18-22-16-40-45(19-22)27-8-9-39-33(38)15-27)36(41-28)31-12-23-4-2-3-5-29(23)42(31)17-21-6-7-21/h2-5,8-9,11-12,14-16,19,21,24,26,30,34H,6-7,10,13,17-18,20H2,1H3,(H2,38,39)/t24?,26?,30?,34-/m1/s1. The maximum Gasteiger partial charge on any atom is 0.254 e. The summed E-state index contributed by atoms with van der Waals surface area (Å²) in [5.74, 6) is 4.94. The second-order valence-electron chi connectivity index (χ2n) is 14.0. The Labute approximate surface area is 271 Å². The van der Waals surface area contributed by atoms with Crippen LogP contribution in [0.3, 0.4) is 0 Å². The molecule has 2 aromatic carbocycles. The first-order chi connectivity index (χ1) is 23.0. The third-order valence-corrected chi connectivity index (χ3v) is 11.2. The van der Waals surface area contributed by atoms with E-state index in [2.05, 4.69) is 54.4 Å². The number of likely N-dealkylation sites (tertiary alicyclic amines) is 1. The summed E-state index contributed by atoms with van der Waals surface area (Å²) in [6.45, 7) is 2.34. The van der Waals surface area contributed by atoms with E-state index in [0.29, 0.717) is 47.5 Å². The van der Waals surface area contributed by atoms with Gasteiger partial charge in [0.1, 0.15) is 17.1 Å². The van der Waals surface area contributed by atoms with Crippen LogP contribution in [0.5, 0.6) is 5.75 Å². The number of methoxy groups -OCH3 is 1. The fourth-order valence-electron chi connectivity index (χ4n) is 8.72. The first-order valence-electron chi connectivity index (χ1n) is 16.8. The Morgan fingerprint density at radius 1 is 1.04 bits per heavy atom. The van der Waals surface area contributed by atoms with Gasteiger partial charge in [0.2, 0.25) is 0 Å². The summed E-state index contributed by atoms with van der Waals surface area (Å²) in [5.41, 5.74) is 12.4. The van der Waals surface area contributed by atoms with Crippen LogP contribution in [0.25, 0.3) is 39.1 Å². The summed E-state index contributed by atoms with van der Waals surface area (Å²) >= 11 is 0. The first-order valence-corrected chi connectivity index (χ1v) is 16.8. The van der Waals surface area contributed by atoms with Gasteiger partial charge in [-0.2, -0.15) is 5.10 Å². The lowest BCUT2D eigenvalue weighted by Crippen LogP contribution is -2.53. The van der Waals surface area contributed by atoms with Crippen LogP contribution in [0.15, 0.2) is 73.2 Å². The molecule has 5 heterocycles. The van der Waals surface area contributed by atoms with Crippen molar-refractivity contribution in [3.63, 3.8) is 0 Å². The Kier molecular flexibility index (Phi) is 5.72. The van der Waals surface area contributed by atoms with Gasteiger partial charge in [0.15, 0.2) is 5.82 Å². The number of ether oxygens (including phenoxy) is 1. The van der Waals surface area contributed by atoms with Crippen LogP contribution in [-0.2, 0) is 13.1 Å². The molecule has 0 bridgehead atoms. The van der Waals surface area contributed by atoms with Crippen LogP contribution >= 0.6 is 0 Å². The highest BCUT2D eigenvalue weighted by Gasteiger charge is 2.61. The number of anilines is 1. The maximum atomic E-state index is 14.0. The van der Waals surface area contributed by atoms with E-state index in [-0.39, 0.29) is 5.91 Å². The lowest BCUT2D eigenvalue weighted by Gasteiger charge is -2.52. The number of rotatable bonds is 8. The number of imidazole rings is 1. The Hall–Kier alpha value is -5.12. The number of nitrogens with zero attached hydrogens (tertiary/aromatic N) is 7. The van der Waals surface area contributed by atoms with Gasteiger partial charge < -0.3 is 24.5 Å². The largest absolute Gasteiger partial charge is 0.494 e. The molecule has 3 aliphatic carbocycles. The fraction of sp³-hybridized carbons (Fsp3) is 0.351. The molecule has 0 spiro atoms. The van der Waals surface area contributed by atoms with Crippen molar-refractivity contribution >= 4 is 33.7 Å². The van der Waals surface area contributed by atoms with Crippen LogP contribution < -0.4 is 10.5 Å². The minimum Gasteiger partial charge on any atom is -0.494 e. The molecule has 6 aromatic rings. The molecule has 10 nitrogen and oxygen atoms in total. The van der Waals surface area contributed by atoms with Gasteiger partial charge in [0, 0.05) is 59.6 Å². The van der Waals surface area contributed by atoms with Crippen molar-refractivity contribution in [3.8, 4) is 23.0 Å². The summed E-state index contributed by atoms with van der Waals surface area (Å²) in [7, 11) is 1.68. The number of carbonyl (C=O) groups is 1. The first kappa shape index (κ1) is 27.0. The minimum atomic E-state index is 0.0971. The van der Waals surface area contributed by atoms with Crippen LogP contribution in [-0.4, -0.2) is 59.4 Å². The predicted octanol–water partition coefficient (Wildman–Crippen LogP) is 5.77. The van der Waals surface area contributed by atoms with Crippen molar-refractivity contribution in [2.75, 3.05) is 19.4 Å². The summed E-state index contributed by atoms with van der Waals surface area (Å²) < 4.78 is 12.6. The highest BCUT2D eigenvalue weighted by Crippen LogP contribution is 2.60. The number of nitrogen functional groups attached to an aromatic ring is 1. The SMILES string of the molecule is COc1cc(C(=O)N2CC3CC4CC2[C@H]43)cc2nc(-c3cc4ccccc4n3CC3CC3)n(Cc3cnn(-c4ccnc(N)c4)c3)c12. The molecule has 1 amide bonds. The molecule has 3 unspecified atom stereocenters. The minimum absolute atomic E-state index is 0.0971. The number of para-hydroxylation sites is 1. The van der Waals surface area contributed by atoms with Gasteiger partial charge in [-0.15, -0.1) is 0 Å². The van der Waals surface area contributed by atoms with E-state index < -0.39 is 0 Å². The number of nitrogens with two attached hydrogens (primary N) is 1. The lowest BCUT2D eigenvalue weighted by atomic mass is 9.53. The normalized spacial score (nSPS) is 22.8. The summed E-state index contributed by atoms with van der Waals surface area (Å²) in [4.78, 5) is 25.6. The molecule has 0 radical (unpaired) electrons. The van der Waals surface area contributed by atoms with Gasteiger partial charge in [-0.05, 0) is 79.7 Å². The van der Waals surface area contributed by atoms with E-state index in [9.17, 15) is 4.79 Å². The zero-order valence-electron chi connectivity index (χ0n) is 26.3. The number of aromatic nitrogens is 6. The molecular weight excluding hydrogens is 588 g/mol. The van der Waals surface area contributed by atoms with Crippen molar-refractivity contribution in [1.29, 1.82) is 0 Å². The number of benzene rings is 2. The van der Waals surface area contributed by atoms with Crippen LogP contribution in [0.1, 0.15) is 41.6 Å². The zero-order valence-corrected chi connectivity index (χ0v) is 26.3. The third kappa shape index (κ3) is 4.16. The molecule has 4 aromatic heterocycles. The topological polar surface area (TPSA) is 109 Å². The van der Waals surface area contributed by atoms with Gasteiger partial charge in [-0.3, -0.25) is 4.79 Å². The number of hydrogen-bond donors (Lipinski definition) is 1. The quantitative estimate of drug-likeness (QED) is 0.230. The molecule has 236 valence electrons. The molecule has 2 N–H and O–H groups in total. The smallest absolute Gasteiger partial charge is 0.254 e. The number of amides is 1. The Bertz CT molecular complexity index is 2220. The van der Waals surface area contributed by atoms with E-state index >= 15 is 0 Å². The van der Waals surface area contributed by atoms with E-state index in [4.69, 9.17) is 15.5 Å². The van der Waals surface area contributed by atoms with Crippen molar-refractivity contribution in [3.05, 3.63) is 84.3 Å². The number of carbonyl (C=O) groups excluding carboxylic acids is 1. The number of fused-ring (bicyclic) bond motifs is 2. The molecule has 47 heavy (non-hydrogen) atoms. The highest BCUT2D eigenvalue weighted by atomic mass is 16.5. The van der Waals surface area contributed by atoms with Gasteiger partial charge in [-0.1, -0.05) is 18.2 Å². The van der Waals surface area contributed by atoms with Gasteiger partial charge in [0.05, 0.1) is 36.7 Å². The van der Waals surface area contributed by atoms with Crippen LogP contribution in [0.4, 0.5) is 5.82 Å². The maximum absolute atomic E-state index is 14.0. The molecule has 1 aliphatic heterocycles. The Balaban J connectivity index is 1.12. The van der Waals surface area contributed by atoms with E-state index in [1.54, 1.807) is 13.3 Å². The molecule has 10 rings (SSSR count). The second kappa shape index (κ2) is 9.94. The van der Waals surface area contributed by atoms with E-state index in [1.807, 2.05) is 41.3 Å². The average molecular weight is 625 g/mol. The van der Waals surface area contributed by atoms with Crippen molar-refractivity contribution in [2.45, 2.75) is 44.8 Å². The van der Waals surface area contributed by atoms with Gasteiger partial charge in [0.25, 0.3) is 5.91 Å². The number of pyridine rings is 1. The lowest BCUT2D eigenvalue weighted by molar-refractivity contribution is -0.0204. The molecule has 4 aliphatic rings. The summed E-state index contributed by atoms with van der Waals surface area (Å²) in [6, 6.07) is 18.8. The van der Waals surface area contributed by atoms with Gasteiger partial charge >= 0.3 is 0 Å². The Morgan fingerprint density at radius 2 is 1.94 bits per heavy atom. The van der Waals surface area contributed by atoms with Crippen LogP contribution in [0, 0.1) is 23.7 Å². The van der Waals surface area contributed by atoms with E-state index in [0.717, 1.165) is 59.2 Å². The van der Waals surface area contributed by atoms with Crippen molar-refractivity contribution < 1.29 is 9.53 Å². The molecule has 4 atom stereocenters. The monoisotopic (exact) mass is 624 g/mol. The second-order valence-corrected chi connectivity index (χ2v) is 14.0. The Morgan fingerprint density at radius 3 is 2.74 bits per heavy atom. The molecule has 4 fully saturated rings. The molecular formula is C37H36N8O2. The van der Waals surface area contributed by atoms with Crippen molar-refractivity contribution in [1.82, 2.24) is 33.8 Å². The van der Waals surface area contributed by atoms with Crippen molar-refractivity contribution in [2.24, 2.45) is 23.7 Å². The predicted molar refractivity (Wildman–Crippen MR) is 179 cm³/mol. The van der Waals surface area contributed by atoms with E-state index in [1.165, 1.54) is 30.2 Å². The zero-order chi connectivity index (χ0) is 31.4. The molecule has 3 saturated carbocycles. The van der Waals surface area contributed by atoms with Crippen LogP contribution in [0.2, 0.25) is 0 Å². The highest BCUT2D eigenvalue weighted by molar-refractivity contribution is 6.00. The van der Waals surface area contributed by atoms with Gasteiger partial charge in [-0.25, -0.2) is 14.6 Å². The average Bonchev–Trinajstić information content (AvgIpc) is 3.46. The summed E-state index contributed by atoms with van der Waals surface area (Å²) in [5, 5.41) is 5.85. The fourth-order valence-corrected chi connectivity index (χ4v) is 8.72. The number of hydrogen-bond acceptors (Lipinski definition) is 6.